The van der Waals surface area contributed by atoms with E-state index in [2.05, 4.69) is 51.2 Å². The average molecular weight is 273 g/mol. The summed E-state index contributed by atoms with van der Waals surface area (Å²) in [6.45, 7) is 9.47. The third-order valence-corrected chi connectivity index (χ3v) is 3.94. The number of hydrogen-bond donors (Lipinski definition) is 1. The molecule has 1 aliphatic heterocycles. The van der Waals surface area contributed by atoms with Crippen LogP contribution in [-0.2, 0) is 6.42 Å². The first kappa shape index (κ1) is 13.5. The van der Waals surface area contributed by atoms with Gasteiger partial charge >= 0.3 is 0 Å². The van der Waals surface area contributed by atoms with Crippen LogP contribution in [0.4, 0.5) is 0 Å². The van der Waals surface area contributed by atoms with E-state index in [1.807, 2.05) is 0 Å². The first-order valence-electron chi connectivity index (χ1n) is 7.52. The van der Waals surface area contributed by atoms with Crippen LogP contribution in [0.15, 0.2) is 22.6 Å². The lowest BCUT2D eigenvalue weighted by Gasteiger charge is -2.16. The van der Waals surface area contributed by atoms with Crippen LogP contribution in [0.2, 0.25) is 0 Å². The Morgan fingerprint density at radius 2 is 2.10 bits per heavy atom. The zero-order chi connectivity index (χ0) is 14.3. The summed E-state index contributed by atoms with van der Waals surface area (Å²) in [6.07, 6.45) is 1.96. The fraction of sp³-hybridized carbons (Fsp3) is 0.529. The molecule has 0 amide bonds. The van der Waals surface area contributed by atoms with Gasteiger partial charge in [0.2, 0.25) is 0 Å². The molecule has 20 heavy (non-hydrogen) atoms. The SMILES string of the molecule is CCNC(CC)c1cc2ccc3c(c2o1)OC(C)(C)C3. The number of fused-ring (bicyclic) bond motifs is 3. The van der Waals surface area contributed by atoms with Crippen LogP contribution in [0.1, 0.15) is 51.5 Å². The molecule has 1 atom stereocenters. The van der Waals surface area contributed by atoms with Crippen LogP contribution in [0.3, 0.4) is 0 Å². The molecule has 3 heteroatoms. The van der Waals surface area contributed by atoms with Gasteiger partial charge in [-0.05, 0) is 32.9 Å². The summed E-state index contributed by atoms with van der Waals surface area (Å²) in [7, 11) is 0. The van der Waals surface area contributed by atoms with Gasteiger partial charge in [-0.2, -0.15) is 0 Å². The van der Waals surface area contributed by atoms with Gasteiger partial charge in [0.15, 0.2) is 11.3 Å². The summed E-state index contributed by atoms with van der Waals surface area (Å²) < 4.78 is 12.2. The molecule has 2 heterocycles. The van der Waals surface area contributed by atoms with E-state index < -0.39 is 0 Å². The molecule has 0 saturated heterocycles. The number of nitrogens with one attached hydrogen (secondary N) is 1. The zero-order valence-corrected chi connectivity index (χ0v) is 12.7. The van der Waals surface area contributed by atoms with E-state index in [1.165, 1.54) is 5.56 Å². The topological polar surface area (TPSA) is 34.4 Å². The molecule has 0 fully saturated rings. The molecule has 1 N–H and O–H groups in total. The minimum absolute atomic E-state index is 0.130. The fourth-order valence-electron chi connectivity index (χ4n) is 3.02. The van der Waals surface area contributed by atoms with Crippen molar-refractivity contribution in [2.75, 3.05) is 6.54 Å². The Balaban J connectivity index is 2.05. The van der Waals surface area contributed by atoms with Crippen molar-refractivity contribution >= 4 is 11.0 Å². The highest BCUT2D eigenvalue weighted by atomic mass is 16.5. The molecule has 1 unspecified atom stereocenters. The second-order valence-electron chi connectivity index (χ2n) is 6.18. The lowest BCUT2D eigenvalue weighted by molar-refractivity contribution is 0.138. The highest BCUT2D eigenvalue weighted by Gasteiger charge is 2.32. The van der Waals surface area contributed by atoms with Gasteiger partial charge in [-0.3, -0.25) is 0 Å². The molecular formula is C17H23NO2. The Labute approximate surface area is 120 Å². The van der Waals surface area contributed by atoms with Gasteiger partial charge in [-0.15, -0.1) is 0 Å². The molecule has 1 aromatic heterocycles. The zero-order valence-electron chi connectivity index (χ0n) is 12.7. The summed E-state index contributed by atoms with van der Waals surface area (Å²) in [5, 5.41) is 4.59. The maximum absolute atomic E-state index is 6.12. The Hall–Kier alpha value is -1.48. The van der Waals surface area contributed by atoms with E-state index in [0.29, 0.717) is 0 Å². The standard InChI is InChI=1S/C17H23NO2/c1-5-13(18-6-2)14-9-11-7-8-12-10-17(3,4)20-16(12)15(11)19-14/h7-9,13,18H,5-6,10H2,1-4H3. The highest BCUT2D eigenvalue weighted by Crippen LogP contribution is 2.42. The number of ether oxygens (including phenoxy) is 1. The van der Waals surface area contributed by atoms with Crippen molar-refractivity contribution in [3.8, 4) is 5.75 Å². The molecule has 0 bridgehead atoms. The third kappa shape index (κ3) is 2.20. The maximum Gasteiger partial charge on any atom is 0.176 e. The molecule has 1 aliphatic rings. The van der Waals surface area contributed by atoms with E-state index >= 15 is 0 Å². The fourth-order valence-corrected chi connectivity index (χ4v) is 3.02. The molecule has 0 spiro atoms. The number of furan rings is 1. The summed E-state index contributed by atoms with van der Waals surface area (Å²) in [5.74, 6) is 1.94. The van der Waals surface area contributed by atoms with Crippen molar-refractivity contribution in [1.29, 1.82) is 0 Å². The Kier molecular flexibility index (Phi) is 3.25. The van der Waals surface area contributed by atoms with E-state index in [0.717, 1.165) is 41.9 Å². The summed E-state index contributed by atoms with van der Waals surface area (Å²) in [4.78, 5) is 0. The second-order valence-corrected chi connectivity index (χ2v) is 6.18. The van der Waals surface area contributed by atoms with Gasteiger partial charge < -0.3 is 14.5 Å². The molecule has 2 aromatic rings. The summed E-state index contributed by atoms with van der Waals surface area (Å²) in [5.41, 5.74) is 2.02. The molecule has 0 radical (unpaired) electrons. The Morgan fingerprint density at radius 1 is 1.30 bits per heavy atom. The van der Waals surface area contributed by atoms with Gasteiger partial charge in [0.1, 0.15) is 11.4 Å². The average Bonchev–Trinajstić information content (AvgIpc) is 2.94. The number of rotatable bonds is 4. The first-order chi connectivity index (χ1) is 9.54. The van der Waals surface area contributed by atoms with Crippen LogP contribution in [0.5, 0.6) is 5.75 Å². The predicted octanol–water partition coefficient (Wildman–Crippen LogP) is 4.21. The molecular weight excluding hydrogens is 250 g/mol. The molecule has 3 rings (SSSR count). The van der Waals surface area contributed by atoms with Gasteiger partial charge in [-0.1, -0.05) is 26.0 Å². The third-order valence-electron chi connectivity index (χ3n) is 3.94. The van der Waals surface area contributed by atoms with Crippen molar-refractivity contribution in [2.45, 2.75) is 52.2 Å². The van der Waals surface area contributed by atoms with E-state index in [1.54, 1.807) is 0 Å². The maximum atomic E-state index is 6.12. The lowest BCUT2D eigenvalue weighted by atomic mass is 10.0. The minimum Gasteiger partial charge on any atom is -0.483 e. The first-order valence-corrected chi connectivity index (χ1v) is 7.52. The van der Waals surface area contributed by atoms with Gasteiger partial charge in [0.25, 0.3) is 0 Å². The number of hydrogen-bond acceptors (Lipinski definition) is 3. The smallest absolute Gasteiger partial charge is 0.176 e. The van der Waals surface area contributed by atoms with Crippen molar-refractivity contribution in [3.05, 3.63) is 29.5 Å². The van der Waals surface area contributed by atoms with Gasteiger partial charge in [0, 0.05) is 17.4 Å². The Morgan fingerprint density at radius 3 is 2.80 bits per heavy atom. The van der Waals surface area contributed by atoms with Crippen LogP contribution in [-0.4, -0.2) is 12.1 Å². The summed E-state index contributed by atoms with van der Waals surface area (Å²) in [6, 6.07) is 6.73. The van der Waals surface area contributed by atoms with E-state index in [4.69, 9.17) is 9.15 Å². The monoisotopic (exact) mass is 273 g/mol. The normalized spacial score (nSPS) is 18.0. The molecule has 108 valence electrons. The largest absolute Gasteiger partial charge is 0.483 e. The number of benzene rings is 1. The molecule has 3 nitrogen and oxygen atoms in total. The van der Waals surface area contributed by atoms with Crippen LogP contribution >= 0.6 is 0 Å². The lowest BCUT2D eigenvalue weighted by Crippen LogP contribution is -2.24. The van der Waals surface area contributed by atoms with Crippen molar-refractivity contribution in [1.82, 2.24) is 5.32 Å². The highest BCUT2D eigenvalue weighted by molar-refractivity contribution is 5.86. The van der Waals surface area contributed by atoms with Crippen LogP contribution in [0, 0.1) is 0 Å². The van der Waals surface area contributed by atoms with Gasteiger partial charge in [-0.25, -0.2) is 0 Å². The van der Waals surface area contributed by atoms with Gasteiger partial charge in [0.05, 0.1) is 6.04 Å². The molecule has 0 saturated carbocycles. The second kappa shape index (κ2) is 4.81. The van der Waals surface area contributed by atoms with E-state index in [-0.39, 0.29) is 11.6 Å². The van der Waals surface area contributed by atoms with Crippen LogP contribution in [0.25, 0.3) is 11.0 Å². The molecule has 0 aliphatic carbocycles. The molecule has 1 aromatic carbocycles. The van der Waals surface area contributed by atoms with Crippen molar-refractivity contribution in [2.24, 2.45) is 0 Å². The van der Waals surface area contributed by atoms with Crippen molar-refractivity contribution < 1.29 is 9.15 Å². The van der Waals surface area contributed by atoms with Crippen molar-refractivity contribution in [3.63, 3.8) is 0 Å². The van der Waals surface area contributed by atoms with Crippen LogP contribution < -0.4 is 10.1 Å². The van der Waals surface area contributed by atoms with E-state index in [9.17, 15) is 0 Å². The minimum atomic E-state index is -0.130. The summed E-state index contributed by atoms with van der Waals surface area (Å²) >= 11 is 0. The Bertz CT molecular complexity index is 627. The quantitative estimate of drug-likeness (QED) is 0.906. The predicted molar refractivity (Wildman–Crippen MR) is 81.3 cm³/mol.